The largest absolute Gasteiger partial charge is 0.321 e. The predicted molar refractivity (Wildman–Crippen MR) is 126 cm³/mol. The Bertz CT molecular complexity index is 1280. The molecule has 5 heteroatoms. The second-order valence-corrected chi connectivity index (χ2v) is 8.32. The van der Waals surface area contributed by atoms with Crippen molar-refractivity contribution in [2.45, 2.75) is 20.8 Å². The molecule has 0 bridgehead atoms. The first-order chi connectivity index (χ1) is 14.3. The average molecular weight is 435 g/mol. The Hall–Kier alpha value is -2.88. The van der Waals surface area contributed by atoms with Gasteiger partial charge in [-0.1, -0.05) is 64.7 Å². The number of nitrogens with one attached hydrogen (secondary N) is 1. The summed E-state index contributed by atoms with van der Waals surface area (Å²) < 4.78 is 0. The van der Waals surface area contributed by atoms with Crippen LogP contribution < -0.4 is 5.32 Å². The van der Waals surface area contributed by atoms with Crippen LogP contribution in [-0.4, -0.2) is 10.9 Å². The SMILES string of the molecule is Cc1ccc(-c2cc(C(=O)Nc3ccc(Cl)cc3Cl)c3cc(C)cc(C)c3n2)cc1. The van der Waals surface area contributed by atoms with E-state index >= 15 is 0 Å². The maximum Gasteiger partial charge on any atom is 0.256 e. The van der Waals surface area contributed by atoms with Crippen LogP contribution in [0, 0.1) is 20.8 Å². The van der Waals surface area contributed by atoms with Gasteiger partial charge >= 0.3 is 0 Å². The quantitative estimate of drug-likeness (QED) is 0.365. The van der Waals surface area contributed by atoms with Gasteiger partial charge in [0.15, 0.2) is 0 Å². The maximum atomic E-state index is 13.3. The average Bonchev–Trinajstić information content (AvgIpc) is 2.70. The minimum atomic E-state index is -0.245. The van der Waals surface area contributed by atoms with Crippen LogP contribution in [0.25, 0.3) is 22.2 Å². The van der Waals surface area contributed by atoms with Gasteiger partial charge in [-0.25, -0.2) is 4.98 Å². The van der Waals surface area contributed by atoms with Crippen LogP contribution >= 0.6 is 23.2 Å². The molecule has 3 aromatic carbocycles. The van der Waals surface area contributed by atoms with Crippen molar-refractivity contribution in [1.29, 1.82) is 0 Å². The monoisotopic (exact) mass is 434 g/mol. The Balaban J connectivity index is 1.87. The highest BCUT2D eigenvalue weighted by Crippen LogP contribution is 2.30. The van der Waals surface area contributed by atoms with E-state index in [4.69, 9.17) is 28.2 Å². The summed E-state index contributed by atoms with van der Waals surface area (Å²) in [5.74, 6) is -0.245. The van der Waals surface area contributed by atoms with Crippen molar-refractivity contribution in [3.05, 3.63) is 93.0 Å². The van der Waals surface area contributed by atoms with Gasteiger partial charge in [-0.3, -0.25) is 4.79 Å². The second-order valence-electron chi connectivity index (χ2n) is 7.48. The van der Waals surface area contributed by atoms with E-state index in [2.05, 4.69) is 11.4 Å². The number of carbonyl (C=O) groups is 1. The molecule has 30 heavy (non-hydrogen) atoms. The maximum absolute atomic E-state index is 13.3. The van der Waals surface area contributed by atoms with E-state index in [0.29, 0.717) is 21.3 Å². The molecule has 3 nitrogen and oxygen atoms in total. The summed E-state index contributed by atoms with van der Waals surface area (Å²) in [5, 5.41) is 4.63. The highest BCUT2D eigenvalue weighted by molar-refractivity contribution is 6.37. The normalized spacial score (nSPS) is 11.0. The third-order valence-corrected chi connectivity index (χ3v) is 5.57. The molecule has 0 aliphatic heterocycles. The molecule has 0 radical (unpaired) electrons. The molecule has 4 aromatic rings. The molecular weight excluding hydrogens is 415 g/mol. The molecule has 0 aliphatic rings. The van der Waals surface area contributed by atoms with Gasteiger partial charge in [0.25, 0.3) is 5.91 Å². The summed E-state index contributed by atoms with van der Waals surface area (Å²) in [6.45, 7) is 6.07. The van der Waals surface area contributed by atoms with E-state index < -0.39 is 0 Å². The Morgan fingerprint density at radius 2 is 1.60 bits per heavy atom. The Morgan fingerprint density at radius 3 is 2.30 bits per heavy atom. The van der Waals surface area contributed by atoms with Gasteiger partial charge in [0.2, 0.25) is 0 Å². The van der Waals surface area contributed by atoms with Gasteiger partial charge in [0.05, 0.1) is 27.5 Å². The molecular formula is C25H20Cl2N2O. The minimum Gasteiger partial charge on any atom is -0.321 e. The molecule has 1 heterocycles. The number of hydrogen-bond acceptors (Lipinski definition) is 2. The number of pyridine rings is 1. The lowest BCUT2D eigenvalue weighted by Gasteiger charge is -2.14. The number of hydrogen-bond donors (Lipinski definition) is 1. The number of fused-ring (bicyclic) bond motifs is 1. The number of nitrogens with zero attached hydrogens (tertiary/aromatic N) is 1. The van der Waals surface area contributed by atoms with Gasteiger partial charge in [-0.2, -0.15) is 0 Å². The van der Waals surface area contributed by atoms with Gasteiger partial charge in [-0.05, 0) is 56.7 Å². The number of aryl methyl sites for hydroxylation is 3. The summed E-state index contributed by atoms with van der Waals surface area (Å²) in [6, 6.07) is 19.0. The fourth-order valence-electron chi connectivity index (χ4n) is 3.52. The molecule has 0 unspecified atom stereocenters. The lowest BCUT2D eigenvalue weighted by molar-refractivity contribution is 0.102. The van der Waals surface area contributed by atoms with Crippen molar-refractivity contribution in [3.63, 3.8) is 0 Å². The zero-order valence-electron chi connectivity index (χ0n) is 16.9. The minimum absolute atomic E-state index is 0.245. The number of anilines is 1. The van der Waals surface area contributed by atoms with Crippen LogP contribution in [0.2, 0.25) is 10.0 Å². The van der Waals surface area contributed by atoms with E-state index in [1.165, 1.54) is 5.56 Å². The van der Waals surface area contributed by atoms with Gasteiger partial charge in [-0.15, -0.1) is 0 Å². The zero-order chi connectivity index (χ0) is 21.4. The van der Waals surface area contributed by atoms with Crippen molar-refractivity contribution in [1.82, 2.24) is 4.98 Å². The van der Waals surface area contributed by atoms with Crippen molar-refractivity contribution in [3.8, 4) is 11.3 Å². The molecule has 4 rings (SSSR count). The standard InChI is InChI=1S/C25H20Cl2N2O/c1-14-4-6-17(7-5-14)23-13-20(19-11-15(2)10-16(3)24(19)28-23)25(30)29-22-9-8-18(26)12-21(22)27/h4-13H,1-3H3,(H,29,30). The van der Waals surface area contributed by atoms with Crippen LogP contribution in [0.5, 0.6) is 0 Å². The molecule has 0 atom stereocenters. The lowest BCUT2D eigenvalue weighted by atomic mass is 9.99. The van der Waals surface area contributed by atoms with Crippen molar-refractivity contribution in [2.24, 2.45) is 0 Å². The van der Waals surface area contributed by atoms with Crippen molar-refractivity contribution < 1.29 is 4.79 Å². The highest BCUT2D eigenvalue weighted by Gasteiger charge is 2.17. The molecule has 0 aliphatic carbocycles. The van der Waals surface area contributed by atoms with Gasteiger partial charge in [0.1, 0.15) is 0 Å². The highest BCUT2D eigenvalue weighted by atomic mass is 35.5. The molecule has 0 spiro atoms. The second kappa shape index (κ2) is 8.10. The van der Waals surface area contributed by atoms with Crippen LogP contribution in [0.1, 0.15) is 27.0 Å². The van der Waals surface area contributed by atoms with Crippen LogP contribution in [0.3, 0.4) is 0 Å². The fourth-order valence-corrected chi connectivity index (χ4v) is 3.98. The predicted octanol–water partition coefficient (Wildman–Crippen LogP) is 7.39. The number of amides is 1. The number of carbonyl (C=O) groups excluding carboxylic acids is 1. The smallest absolute Gasteiger partial charge is 0.256 e. The van der Waals surface area contributed by atoms with Gasteiger partial charge < -0.3 is 5.32 Å². The first-order valence-electron chi connectivity index (χ1n) is 9.57. The van der Waals surface area contributed by atoms with E-state index in [1.807, 2.05) is 57.2 Å². The van der Waals surface area contributed by atoms with Crippen molar-refractivity contribution >= 4 is 45.7 Å². The van der Waals surface area contributed by atoms with Crippen LogP contribution in [0.15, 0.2) is 60.7 Å². The third kappa shape index (κ3) is 4.04. The molecule has 1 aromatic heterocycles. The Kier molecular flexibility index (Phi) is 5.50. The van der Waals surface area contributed by atoms with Crippen LogP contribution in [-0.2, 0) is 0 Å². The Labute approximate surface area is 185 Å². The number of benzene rings is 3. The van der Waals surface area contributed by atoms with Gasteiger partial charge in [0, 0.05) is 16.0 Å². The number of halogens is 2. The molecule has 1 N–H and O–H groups in total. The molecule has 1 amide bonds. The molecule has 0 saturated carbocycles. The van der Waals surface area contributed by atoms with Crippen LogP contribution in [0.4, 0.5) is 5.69 Å². The third-order valence-electron chi connectivity index (χ3n) is 5.02. The van der Waals surface area contributed by atoms with E-state index in [9.17, 15) is 4.79 Å². The topological polar surface area (TPSA) is 42.0 Å². The molecule has 150 valence electrons. The summed E-state index contributed by atoms with van der Waals surface area (Å²) in [7, 11) is 0. The lowest BCUT2D eigenvalue weighted by Crippen LogP contribution is -2.13. The summed E-state index contributed by atoms with van der Waals surface area (Å²) in [4.78, 5) is 18.2. The first-order valence-corrected chi connectivity index (χ1v) is 10.3. The Morgan fingerprint density at radius 1 is 0.867 bits per heavy atom. The van der Waals surface area contributed by atoms with E-state index in [1.54, 1.807) is 18.2 Å². The molecule has 0 fully saturated rings. The van der Waals surface area contributed by atoms with Crippen molar-refractivity contribution in [2.75, 3.05) is 5.32 Å². The number of rotatable bonds is 3. The summed E-state index contributed by atoms with van der Waals surface area (Å²) in [6.07, 6.45) is 0. The summed E-state index contributed by atoms with van der Waals surface area (Å²) >= 11 is 12.2. The first kappa shape index (κ1) is 20.4. The fraction of sp³-hybridized carbons (Fsp3) is 0.120. The summed E-state index contributed by atoms with van der Waals surface area (Å²) in [5.41, 5.74) is 6.85. The zero-order valence-corrected chi connectivity index (χ0v) is 18.4. The number of aromatic nitrogens is 1. The molecule has 0 saturated heterocycles. The van der Waals surface area contributed by atoms with E-state index in [-0.39, 0.29) is 5.91 Å². The van der Waals surface area contributed by atoms with E-state index in [0.717, 1.165) is 33.3 Å².